The van der Waals surface area contributed by atoms with E-state index in [2.05, 4.69) is 26.1 Å². The molecule has 2 aromatic rings. The molecule has 0 aliphatic rings. The molecule has 0 radical (unpaired) electrons. The summed E-state index contributed by atoms with van der Waals surface area (Å²) >= 11 is 0. The summed E-state index contributed by atoms with van der Waals surface area (Å²) in [6.45, 7) is 7.19. The van der Waals surface area contributed by atoms with Crippen LogP contribution in [-0.4, -0.2) is 19.1 Å². The molecule has 0 saturated carbocycles. The smallest absolute Gasteiger partial charge is 0.262 e. The first kappa shape index (κ1) is 21.8. The van der Waals surface area contributed by atoms with E-state index >= 15 is 0 Å². The minimum atomic E-state index is -0.190. The van der Waals surface area contributed by atoms with Gasteiger partial charge in [-0.25, -0.2) is 0 Å². The monoisotopic (exact) mass is 383 g/mol. The number of anilines is 1. The molecule has 28 heavy (non-hydrogen) atoms. The number of hydrogen-bond donors (Lipinski definition) is 1. The first-order valence-electron chi connectivity index (χ1n) is 10.3. The van der Waals surface area contributed by atoms with Crippen molar-refractivity contribution < 1.29 is 14.3 Å². The topological polar surface area (TPSA) is 47.6 Å². The Morgan fingerprint density at radius 1 is 0.929 bits per heavy atom. The summed E-state index contributed by atoms with van der Waals surface area (Å²) in [6, 6.07) is 15.4. The van der Waals surface area contributed by atoms with E-state index in [1.165, 1.54) is 31.2 Å². The van der Waals surface area contributed by atoms with Crippen molar-refractivity contribution in [2.24, 2.45) is 0 Å². The number of amides is 1. The molecule has 1 amide bonds. The summed E-state index contributed by atoms with van der Waals surface area (Å²) in [5, 5.41) is 2.86. The van der Waals surface area contributed by atoms with E-state index in [9.17, 15) is 4.79 Å². The molecule has 0 aliphatic carbocycles. The summed E-state index contributed by atoms with van der Waals surface area (Å²) in [5.41, 5.74) is 1.96. The van der Waals surface area contributed by atoms with Gasteiger partial charge in [0.05, 0.1) is 6.61 Å². The van der Waals surface area contributed by atoms with Crippen LogP contribution in [0.1, 0.15) is 64.4 Å². The molecular formula is C24H33NO3. The molecule has 0 fully saturated rings. The maximum absolute atomic E-state index is 12.2. The molecular weight excluding hydrogens is 350 g/mol. The van der Waals surface area contributed by atoms with Crippen LogP contribution in [-0.2, 0) is 4.79 Å². The SMILES string of the molecule is CCCCCCCOc1cccc(NC(=O)COc2ccc(C(C)C)cc2)c1. The van der Waals surface area contributed by atoms with Gasteiger partial charge >= 0.3 is 0 Å². The predicted molar refractivity (Wildman–Crippen MR) is 115 cm³/mol. The Balaban J connectivity index is 1.74. The van der Waals surface area contributed by atoms with Crippen LogP contribution in [0, 0.1) is 0 Å². The minimum Gasteiger partial charge on any atom is -0.494 e. The average molecular weight is 384 g/mol. The molecule has 2 rings (SSSR count). The van der Waals surface area contributed by atoms with E-state index in [4.69, 9.17) is 9.47 Å². The third kappa shape index (κ3) is 8.03. The highest BCUT2D eigenvalue weighted by Crippen LogP contribution is 2.20. The molecule has 0 spiro atoms. The van der Waals surface area contributed by atoms with Gasteiger partial charge in [0.1, 0.15) is 11.5 Å². The van der Waals surface area contributed by atoms with Gasteiger partial charge < -0.3 is 14.8 Å². The molecule has 0 bridgehead atoms. The molecule has 4 heteroatoms. The molecule has 4 nitrogen and oxygen atoms in total. The molecule has 0 atom stereocenters. The van der Waals surface area contributed by atoms with Crippen LogP contribution in [0.4, 0.5) is 5.69 Å². The lowest BCUT2D eigenvalue weighted by Gasteiger charge is -2.11. The summed E-state index contributed by atoms with van der Waals surface area (Å²) in [7, 11) is 0. The van der Waals surface area contributed by atoms with Crippen LogP contribution >= 0.6 is 0 Å². The zero-order valence-electron chi connectivity index (χ0n) is 17.4. The van der Waals surface area contributed by atoms with E-state index in [0.29, 0.717) is 24.0 Å². The first-order valence-corrected chi connectivity index (χ1v) is 10.3. The van der Waals surface area contributed by atoms with Gasteiger partial charge in [0.15, 0.2) is 6.61 Å². The average Bonchev–Trinajstić information content (AvgIpc) is 2.69. The lowest BCUT2D eigenvalue weighted by atomic mass is 10.0. The lowest BCUT2D eigenvalue weighted by molar-refractivity contribution is -0.118. The van der Waals surface area contributed by atoms with Crippen molar-refractivity contribution >= 4 is 11.6 Å². The number of unbranched alkanes of at least 4 members (excludes halogenated alkanes) is 4. The van der Waals surface area contributed by atoms with Gasteiger partial charge in [-0.3, -0.25) is 4.79 Å². The molecule has 1 N–H and O–H groups in total. The summed E-state index contributed by atoms with van der Waals surface area (Å²) in [4.78, 5) is 12.2. The van der Waals surface area contributed by atoms with Crippen molar-refractivity contribution in [1.82, 2.24) is 0 Å². The third-order valence-electron chi connectivity index (χ3n) is 4.55. The van der Waals surface area contributed by atoms with Crippen molar-refractivity contribution in [2.75, 3.05) is 18.5 Å². The quantitative estimate of drug-likeness (QED) is 0.445. The minimum absolute atomic E-state index is 0.0243. The van der Waals surface area contributed by atoms with Crippen LogP contribution in [0.5, 0.6) is 11.5 Å². The number of carbonyl (C=O) groups excluding carboxylic acids is 1. The first-order chi connectivity index (χ1) is 13.6. The summed E-state index contributed by atoms with van der Waals surface area (Å²) < 4.78 is 11.4. The Bertz CT molecular complexity index is 710. The number of carbonyl (C=O) groups is 1. The second kappa shape index (κ2) is 12.1. The molecule has 0 saturated heterocycles. The maximum atomic E-state index is 12.2. The van der Waals surface area contributed by atoms with Crippen molar-refractivity contribution in [3.8, 4) is 11.5 Å². The van der Waals surface area contributed by atoms with Gasteiger partial charge in [0, 0.05) is 11.8 Å². The van der Waals surface area contributed by atoms with E-state index in [-0.39, 0.29) is 12.5 Å². The Morgan fingerprint density at radius 2 is 1.68 bits per heavy atom. The van der Waals surface area contributed by atoms with Gasteiger partial charge in [0.2, 0.25) is 0 Å². The fraction of sp³-hybridized carbons (Fsp3) is 0.458. The Kier molecular flexibility index (Phi) is 9.40. The van der Waals surface area contributed by atoms with E-state index < -0.39 is 0 Å². The number of ether oxygens (including phenoxy) is 2. The lowest BCUT2D eigenvalue weighted by Crippen LogP contribution is -2.20. The van der Waals surface area contributed by atoms with Crippen LogP contribution in [0.3, 0.4) is 0 Å². The van der Waals surface area contributed by atoms with Gasteiger partial charge in [-0.15, -0.1) is 0 Å². The van der Waals surface area contributed by atoms with E-state index in [1.807, 2.05) is 48.5 Å². The number of nitrogens with one attached hydrogen (secondary N) is 1. The molecule has 152 valence electrons. The third-order valence-corrected chi connectivity index (χ3v) is 4.55. The van der Waals surface area contributed by atoms with Crippen LogP contribution in [0.25, 0.3) is 0 Å². The highest BCUT2D eigenvalue weighted by Gasteiger charge is 2.06. The fourth-order valence-electron chi connectivity index (χ4n) is 2.85. The van der Waals surface area contributed by atoms with Crippen LogP contribution < -0.4 is 14.8 Å². The van der Waals surface area contributed by atoms with E-state index in [0.717, 1.165) is 12.2 Å². The zero-order chi connectivity index (χ0) is 20.2. The predicted octanol–water partition coefficient (Wildman–Crippen LogP) is 6.18. The number of benzene rings is 2. The Hall–Kier alpha value is -2.49. The standard InChI is InChI=1S/C24H33NO3/c1-4-5-6-7-8-16-27-23-11-9-10-21(17-23)25-24(26)18-28-22-14-12-20(13-15-22)19(2)3/h9-15,17,19H,4-8,16,18H2,1-3H3,(H,25,26). The van der Waals surface area contributed by atoms with Crippen molar-refractivity contribution in [3.05, 3.63) is 54.1 Å². The van der Waals surface area contributed by atoms with E-state index in [1.54, 1.807) is 0 Å². The fourth-order valence-corrected chi connectivity index (χ4v) is 2.85. The largest absolute Gasteiger partial charge is 0.494 e. The zero-order valence-corrected chi connectivity index (χ0v) is 17.4. The number of hydrogen-bond acceptors (Lipinski definition) is 3. The summed E-state index contributed by atoms with van der Waals surface area (Å²) in [5.74, 6) is 1.76. The second-order valence-corrected chi connectivity index (χ2v) is 7.35. The van der Waals surface area contributed by atoms with Crippen molar-refractivity contribution in [1.29, 1.82) is 0 Å². The van der Waals surface area contributed by atoms with Gasteiger partial charge in [-0.2, -0.15) is 0 Å². The number of rotatable bonds is 12. The Labute approximate surface area is 169 Å². The van der Waals surface area contributed by atoms with Crippen LogP contribution in [0.15, 0.2) is 48.5 Å². The Morgan fingerprint density at radius 3 is 2.39 bits per heavy atom. The molecule has 2 aromatic carbocycles. The van der Waals surface area contributed by atoms with Crippen LogP contribution in [0.2, 0.25) is 0 Å². The normalized spacial score (nSPS) is 10.7. The molecule has 0 unspecified atom stereocenters. The van der Waals surface area contributed by atoms with Crippen molar-refractivity contribution in [3.63, 3.8) is 0 Å². The van der Waals surface area contributed by atoms with Gasteiger partial charge in [0.25, 0.3) is 5.91 Å². The molecule has 0 aromatic heterocycles. The maximum Gasteiger partial charge on any atom is 0.262 e. The highest BCUT2D eigenvalue weighted by molar-refractivity contribution is 5.92. The van der Waals surface area contributed by atoms with Crippen molar-refractivity contribution in [2.45, 2.75) is 58.8 Å². The van der Waals surface area contributed by atoms with Gasteiger partial charge in [-0.1, -0.05) is 64.7 Å². The second-order valence-electron chi connectivity index (χ2n) is 7.35. The summed E-state index contributed by atoms with van der Waals surface area (Å²) in [6.07, 6.45) is 6.04. The molecule has 0 aliphatic heterocycles. The highest BCUT2D eigenvalue weighted by atomic mass is 16.5. The van der Waals surface area contributed by atoms with Gasteiger partial charge in [-0.05, 0) is 42.2 Å². The molecule has 0 heterocycles.